The summed E-state index contributed by atoms with van der Waals surface area (Å²) in [5, 5.41) is 0. The number of amides is 1. The number of rotatable bonds is 4. The molecule has 1 saturated heterocycles. The van der Waals surface area contributed by atoms with Crippen LogP contribution in [0.15, 0.2) is 0 Å². The first-order chi connectivity index (χ1) is 6.79. The number of carbonyl (C=O) groups is 1. The van der Waals surface area contributed by atoms with Gasteiger partial charge in [0, 0.05) is 13.2 Å². The van der Waals surface area contributed by atoms with Crippen LogP contribution in [0, 0.1) is 0 Å². The van der Waals surface area contributed by atoms with E-state index in [4.69, 9.17) is 10.5 Å². The Labute approximate surface area is 85.4 Å². The SMILES string of the molecule is CCOCC1CCCCN1C(=O)CN. The van der Waals surface area contributed by atoms with E-state index in [2.05, 4.69) is 0 Å². The standard InChI is InChI=1S/C10H20N2O2/c1-2-14-8-9-5-3-4-6-12(9)10(13)7-11/h9H,2-8,11H2,1H3. The molecule has 1 heterocycles. The van der Waals surface area contributed by atoms with E-state index in [0.29, 0.717) is 13.2 Å². The lowest BCUT2D eigenvalue weighted by Crippen LogP contribution is -2.48. The fourth-order valence-electron chi connectivity index (χ4n) is 1.87. The molecule has 4 nitrogen and oxygen atoms in total. The van der Waals surface area contributed by atoms with Crippen molar-refractivity contribution in [3.05, 3.63) is 0 Å². The summed E-state index contributed by atoms with van der Waals surface area (Å²) in [7, 11) is 0. The van der Waals surface area contributed by atoms with Crippen LogP contribution in [0.3, 0.4) is 0 Å². The van der Waals surface area contributed by atoms with Crippen LogP contribution >= 0.6 is 0 Å². The van der Waals surface area contributed by atoms with Crippen LogP contribution in [0.2, 0.25) is 0 Å². The van der Waals surface area contributed by atoms with Crippen molar-refractivity contribution in [1.29, 1.82) is 0 Å². The zero-order chi connectivity index (χ0) is 10.4. The number of ether oxygens (including phenoxy) is 1. The molecule has 4 heteroatoms. The van der Waals surface area contributed by atoms with Gasteiger partial charge in [-0.1, -0.05) is 0 Å². The van der Waals surface area contributed by atoms with Crippen molar-refractivity contribution in [2.24, 2.45) is 5.73 Å². The molecule has 1 rings (SSSR count). The molecule has 1 unspecified atom stereocenters. The number of hydrogen-bond donors (Lipinski definition) is 1. The van der Waals surface area contributed by atoms with Crippen LogP contribution in [0.1, 0.15) is 26.2 Å². The molecule has 2 N–H and O–H groups in total. The molecular weight excluding hydrogens is 180 g/mol. The minimum Gasteiger partial charge on any atom is -0.380 e. The summed E-state index contributed by atoms with van der Waals surface area (Å²) >= 11 is 0. The number of nitrogens with zero attached hydrogens (tertiary/aromatic N) is 1. The first-order valence-electron chi connectivity index (χ1n) is 5.36. The van der Waals surface area contributed by atoms with Gasteiger partial charge in [0.05, 0.1) is 19.2 Å². The van der Waals surface area contributed by atoms with E-state index >= 15 is 0 Å². The lowest BCUT2D eigenvalue weighted by Gasteiger charge is -2.35. The Hall–Kier alpha value is -0.610. The predicted octanol–water partition coefficient (Wildman–Crippen LogP) is 0.363. The molecule has 1 amide bonds. The summed E-state index contributed by atoms with van der Waals surface area (Å²) in [5.74, 6) is 0.0504. The van der Waals surface area contributed by atoms with Gasteiger partial charge in [0.1, 0.15) is 0 Å². The third-order valence-electron chi connectivity index (χ3n) is 2.64. The van der Waals surface area contributed by atoms with Gasteiger partial charge in [-0.25, -0.2) is 0 Å². The highest BCUT2D eigenvalue weighted by atomic mass is 16.5. The van der Waals surface area contributed by atoms with E-state index < -0.39 is 0 Å². The number of carbonyl (C=O) groups excluding carboxylic acids is 1. The average molecular weight is 200 g/mol. The van der Waals surface area contributed by atoms with E-state index in [-0.39, 0.29) is 18.5 Å². The van der Waals surface area contributed by atoms with Crippen molar-refractivity contribution in [1.82, 2.24) is 4.90 Å². The molecule has 0 aromatic rings. The zero-order valence-corrected chi connectivity index (χ0v) is 8.87. The van der Waals surface area contributed by atoms with E-state index in [1.165, 1.54) is 6.42 Å². The largest absolute Gasteiger partial charge is 0.380 e. The van der Waals surface area contributed by atoms with Crippen LogP contribution in [0.4, 0.5) is 0 Å². The highest BCUT2D eigenvalue weighted by Crippen LogP contribution is 2.17. The number of nitrogens with two attached hydrogens (primary N) is 1. The third-order valence-corrected chi connectivity index (χ3v) is 2.64. The Morgan fingerprint density at radius 1 is 1.57 bits per heavy atom. The molecule has 0 radical (unpaired) electrons. The molecule has 1 fully saturated rings. The Bertz CT molecular complexity index is 185. The summed E-state index contributed by atoms with van der Waals surface area (Å²) < 4.78 is 5.36. The average Bonchev–Trinajstić information content (AvgIpc) is 2.25. The molecule has 0 bridgehead atoms. The van der Waals surface area contributed by atoms with Gasteiger partial charge in [0.2, 0.25) is 5.91 Å². The Kier molecular flexibility index (Phi) is 4.90. The molecule has 1 aliphatic rings. The van der Waals surface area contributed by atoms with Crippen LogP contribution in [0.25, 0.3) is 0 Å². The molecule has 0 saturated carbocycles. The summed E-state index contributed by atoms with van der Waals surface area (Å²) in [6.45, 7) is 4.29. The second kappa shape index (κ2) is 5.98. The highest BCUT2D eigenvalue weighted by molar-refractivity contribution is 5.78. The van der Waals surface area contributed by atoms with Gasteiger partial charge in [-0.15, -0.1) is 0 Å². The smallest absolute Gasteiger partial charge is 0.236 e. The zero-order valence-electron chi connectivity index (χ0n) is 8.87. The summed E-state index contributed by atoms with van der Waals surface area (Å²) in [6, 6.07) is 0.250. The molecule has 82 valence electrons. The van der Waals surface area contributed by atoms with E-state index in [9.17, 15) is 4.79 Å². The molecule has 0 spiro atoms. The Morgan fingerprint density at radius 2 is 2.36 bits per heavy atom. The third kappa shape index (κ3) is 2.96. The van der Waals surface area contributed by atoms with Crippen LogP contribution in [0.5, 0.6) is 0 Å². The van der Waals surface area contributed by atoms with E-state index in [0.717, 1.165) is 19.4 Å². The van der Waals surface area contributed by atoms with Gasteiger partial charge in [-0.05, 0) is 26.2 Å². The number of likely N-dealkylation sites (tertiary alicyclic amines) is 1. The van der Waals surface area contributed by atoms with Gasteiger partial charge in [0.15, 0.2) is 0 Å². The van der Waals surface area contributed by atoms with Gasteiger partial charge >= 0.3 is 0 Å². The first-order valence-corrected chi connectivity index (χ1v) is 5.36. The molecule has 1 aliphatic heterocycles. The molecule has 14 heavy (non-hydrogen) atoms. The van der Waals surface area contributed by atoms with Gasteiger partial charge < -0.3 is 15.4 Å². The van der Waals surface area contributed by atoms with Crippen LogP contribution in [-0.2, 0) is 9.53 Å². The number of piperidine rings is 1. The molecule has 1 atom stereocenters. The molecular formula is C10H20N2O2. The Balaban J connectivity index is 2.45. The van der Waals surface area contributed by atoms with Crippen molar-refractivity contribution in [2.75, 3.05) is 26.3 Å². The van der Waals surface area contributed by atoms with E-state index in [1.807, 2.05) is 11.8 Å². The minimum atomic E-state index is 0.0504. The highest BCUT2D eigenvalue weighted by Gasteiger charge is 2.25. The first kappa shape index (κ1) is 11.5. The molecule has 0 aromatic heterocycles. The Morgan fingerprint density at radius 3 is 3.00 bits per heavy atom. The molecule has 0 aliphatic carbocycles. The maximum Gasteiger partial charge on any atom is 0.236 e. The van der Waals surface area contributed by atoms with Crippen molar-refractivity contribution >= 4 is 5.91 Å². The van der Waals surface area contributed by atoms with Crippen molar-refractivity contribution in [2.45, 2.75) is 32.2 Å². The van der Waals surface area contributed by atoms with Crippen LogP contribution in [-0.4, -0.2) is 43.2 Å². The number of hydrogen-bond acceptors (Lipinski definition) is 3. The van der Waals surface area contributed by atoms with Gasteiger partial charge in [0.25, 0.3) is 0 Å². The quantitative estimate of drug-likeness (QED) is 0.713. The summed E-state index contributed by atoms with van der Waals surface area (Å²) in [4.78, 5) is 13.4. The van der Waals surface area contributed by atoms with Gasteiger partial charge in [-0.2, -0.15) is 0 Å². The van der Waals surface area contributed by atoms with Gasteiger partial charge in [-0.3, -0.25) is 4.79 Å². The minimum absolute atomic E-state index is 0.0504. The lowest BCUT2D eigenvalue weighted by atomic mass is 10.0. The van der Waals surface area contributed by atoms with Crippen molar-refractivity contribution in [3.63, 3.8) is 0 Å². The normalized spacial score (nSPS) is 22.4. The van der Waals surface area contributed by atoms with E-state index in [1.54, 1.807) is 0 Å². The maximum absolute atomic E-state index is 11.5. The molecule has 0 aromatic carbocycles. The lowest BCUT2D eigenvalue weighted by molar-refractivity contribution is -0.134. The van der Waals surface area contributed by atoms with Crippen LogP contribution < -0.4 is 5.73 Å². The topological polar surface area (TPSA) is 55.6 Å². The van der Waals surface area contributed by atoms with Crippen molar-refractivity contribution in [3.8, 4) is 0 Å². The monoisotopic (exact) mass is 200 g/mol. The summed E-state index contributed by atoms with van der Waals surface area (Å²) in [6.07, 6.45) is 3.33. The second-order valence-corrected chi connectivity index (χ2v) is 3.60. The second-order valence-electron chi connectivity index (χ2n) is 3.60. The maximum atomic E-state index is 11.5. The summed E-state index contributed by atoms with van der Waals surface area (Å²) in [5.41, 5.74) is 5.36. The fraction of sp³-hybridized carbons (Fsp3) is 0.900. The fourth-order valence-corrected chi connectivity index (χ4v) is 1.87. The predicted molar refractivity (Wildman–Crippen MR) is 54.9 cm³/mol. The van der Waals surface area contributed by atoms with Crippen molar-refractivity contribution < 1.29 is 9.53 Å².